The van der Waals surface area contributed by atoms with Crippen LogP contribution in [0.1, 0.15) is 34.1 Å². The number of nitriles is 1. The van der Waals surface area contributed by atoms with Crippen LogP contribution in [0, 0.1) is 18.3 Å². The number of aromatic nitrogens is 2. The van der Waals surface area contributed by atoms with Crippen LogP contribution < -0.4 is 5.32 Å². The highest BCUT2D eigenvalue weighted by molar-refractivity contribution is 5.94. The lowest BCUT2D eigenvalue weighted by Crippen LogP contribution is -2.23. The maximum absolute atomic E-state index is 12.0. The van der Waals surface area contributed by atoms with Crippen molar-refractivity contribution in [1.82, 2.24) is 15.1 Å². The Hall–Kier alpha value is -2.61. The molecule has 1 heterocycles. The van der Waals surface area contributed by atoms with E-state index in [0.717, 1.165) is 17.8 Å². The van der Waals surface area contributed by atoms with Crippen molar-refractivity contribution in [1.29, 1.82) is 5.26 Å². The summed E-state index contributed by atoms with van der Waals surface area (Å²) in [6.07, 6.45) is 1.93. The summed E-state index contributed by atoms with van der Waals surface area (Å²) < 4.78 is 1.84. The molecule has 0 bridgehead atoms. The summed E-state index contributed by atoms with van der Waals surface area (Å²) in [5, 5.41) is 16.0. The maximum atomic E-state index is 12.0. The smallest absolute Gasteiger partial charge is 0.251 e. The largest absolute Gasteiger partial charge is 0.348 e. The van der Waals surface area contributed by atoms with Gasteiger partial charge in [0, 0.05) is 30.4 Å². The van der Waals surface area contributed by atoms with E-state index in [9.17, 15) is 4.79 Å². The fourth-order valence-corrected chi connectivity index (χ4v) is 1.90. The molecule has 0 saturated carbocycles. The van der Waals surface area contributed by atoms with E-state index >= 15 is 0 Å². The Bertz CT molecular complexity index is 667. The summed E-state index contributed by atoms with van der Waals surface area (Å²) in [7, 11) is 0. The van der Waals surface area contributed by atoms with Crippen molar-refractivity contribution in [3.8, 4) is 6.07 Å². The lowest BCUT2D eigenvalue weighted by Gasteiger charge is -2.04. The van der Waals surface area contributed by atoms with E-state index in [1.807, 2.05) is 30.8 Å². The summed E-state index contributed by atoms with van der Waals surface area (Å²) in [6, 6.07) is 8.67. The topological polar surface area (TPSA) is 70.7 Å². The zero-order valence-electron chi connectivity index (χ0n) is 11.6. The van der Waals surface area contributed by atoms with Gasteiger partial charge in [0.1, 0.15) is 0 Å². The molecule has 0 saturated heterocycles. The molecule has 2 aromatic rings. The Morgan fingerprint density at radius 2 is 2.30 bits per heavy atom. The normalized spacial score (nSPS) is 10.1. The number of rotatable bonds is 4. The van der Waals surface area contributed by atoms with Crippen LogP contribution in [0.15, 0.2) is 30.5 Å². The third kappa shape index (κ3) is 3.04. The van der Waals surface area contributed by atoms with Gasteiger partial charge in [0.05, 0.1) is 17.3 Å². The van der Waals surface area contributed by atoms with E-state index in [-0.39, 0.29) is 5.91 Å². The van der Waals surface area contributed by atoms with E-state index in [1.165, 1.54) is 0 Å². The first kappa shape index (κ1) is 13.8. The zero-order valence-corrected chi connectivity index (χ0v) is 11.6. The minimum atomic E-state index is -0.189. The first-order chi connectivity index (χ1) is 9.63. The molecule has 20 heavy (non-hydrogen) atoms. The van der Waals surface area contributed by atoms with Crippen LogP contribution in [0.3, 0.4) is 0 Å². The van der Waals surface area contributed by atoms with Crippen LogP contribution in [-0.4, -0.2) is 15.7 Å². The number of carbonyl (C=O) groups excluding carboxylic acids is 1. The van der Waals surface area contributed by atoms with Gasteiger partial charge in [0.25, 0.3) is 5.91 Å². The molecule has 0 spiro atoms. The van der Waals surface area contributed by atoms with Crippen molar-refractivity contribution in [3.63, 3.8) is 0 Å². The Labute approximate surface area is 117 Å². The molecule has 5 nitrogen and oxygen atoms in total. The summed E-state index contributed by atoms with van der Waals surface area (Å²) in [4.78, 5) is 12.0. The van der Waals surface area contributed by atoms with Crippen LogP contribution in [-0.2, 0) is 13.1 Å². The Kier molecular flexibility index (Phi) is 4.16. The number of hydrogen-bond donors (Lipinski definition) is 1. The minimum Gasteiger partial charge on any atom is -0.348 e. The van der Waals surface area contributed by atoms with E-state index < -0.39 is 0 Å². The zero-order chi connectivity index (χ0) is 14.5. The number of hydrogen-bond acceptors (Lipinski definition) is 3. The number of carbonyl (C=O) groups is 1. The Morgan fingerprint density at radius 3 is 2.95 bits per heavy atom. The molecule has 0 atom stereocenters. The van der Waals surface area contributed by atoms with Crippen molar-refractivity contribution in [2.45, 2.75) is 26.9 Å². The van der Waals surface area contributed by atoms with Gasteiger partial charge in [-0.2, -0.15) is 10.4 Å². The second kappa shape index (κ2) is 6.02. The van der Waals surface area contributed by atoms with Crippen molar-refractivity contribution in [2.75, 3.05) is 0 Å². The van der Waals surface area contributed by atoms with Gasteiger partial charge >= 0.3 is 0 Å². The fourth-order valence-electron chi connectivity index (χ4n) is 1.90. The average molecular weight is 268 g/mol. The Balaban J connectivity index is 2.04. The van der Waals surface area contributed by atoms with Gasteiger partial charge in [-0.15, -0.1) is 0 Å². The van der Waals surface area contributed by atoms with Crippen molar-refractivity contribution in [3.05, 3.63) is 52.8 Å². The molecule has 0 aliphatic heterocycles. The van der Waals surface area contributed by atoms with Crippen LogP contribution >= 0.6 is 0 Å². The van der Waals surface area contributed by atoms with Gasteiger partial charge in [0.15, 0.2) is 0 Å². The molecule has 0 unspecified atom stereocenters. The van der Waals surface area contributed by atoms with Gasteiger partial charge < -0.3 is 5.32 Å². The van der Waals surface area contributed by atoms with Crippen molar-refractivity contribution in [2.24, 2.45) is 0 Å². The molecule has 0 fully saturated rings. The van der Waals surface area contributed by atoms with Crippen molar-refractivity contribution >= 4 is 5.91 Å². The van der Waals surface area contributed by atoms with Gasteiger partial charge in [0.2, 0.25) is 0 Å². The highest BCUT2D eigenvalue weighted by atomic mass is 16.1. The number of aryl methyl sites for hydroxylation is 2. The highest BCUT2D eigenvalue weighted by Crippen LogP contribution is 2.07. The van der Waals surface area contributed by atoms with E-state index in [2.05, 4.69) is 10.4 Å². The number of nitrogens with zero attached hydrogens (tertiary/aromatic N) is 3. The van der Waals surface area contributed by atoms with Gasteiger partial charge in [-0.05, 0) is 32.0 Å². The predicted molar refractivity (Wildman–Crippen MR) is 75.0 cm³/mol. The van der Waals surface area contributed by atoms with Crippen LogP contribution in [0.25, 0.3) is 0 Å². The summed E-state index contributed by atoms with van der Waals surface area (Å²) >= 11 is 0. The number of benzene rings is 1. The summed E-state index contributed by atoms with van der Waals surface area (Å²) in [5.74, 6) is -0.189. The number of amides is 1. The first-order valence-electron chi connectivity index (χ1n) is 6.45. The lowest BCUT2D eigenvalue weighted by molar-refractivity contribution is 0.0951. The molecule has 1 amide bonds. The summed E-state index contributed by atoms with van der Waals surface area (Å²) in [5.41, 5.74) is 2.88. The fraction of sp³-hybridized carbons (Fsp3) is 0.267. The molecular formula is C15H16N4O. The molecule has 102 valence electrons. The van der Waals surface area contributed by atoms with E-state index in [1.54, 1.807) is 24.3 Å². The molecular weight excluding hydrogens is 252 g/mol. The quantitative estimate of drug-likeness (QED) is 0.922. The lowest BCUT2D eigenvalue weighted by atomic mass is 10.1. The molecule has 0 aliphatic rings. The SMILES string of the molecule is CCn1cc(CNC(=O)c2cccc(C#N)c2)c(C)n1. The van der Waals surface area contributed by atoms with Gasteiger partial charge in [-0.25, -0.2) is 0 Å². The molecule has 0 aliphatic carbocycles. The second-order valence-electron chi connectivity index (χ2n) is 4.47. The third-order valence-electron chi connectivity index (χ3n) is 3.07. The highest BCUT2D eigenvalue weighted by Gasteiger charge is 2.08. The number of nitrogens with one attached hydrogen (secondary N) is 1. The van der Waals surface area contributed by atoms with Crippen LogP contribution in [0.2, 0.25) is 0 Å². The average Bonchev–Trinajstić information content (AvgIpc) is 2.85. The van der Waals surface area contributed by atoms with E-state index in [4.69, 9.17) is 5.26 Å². The monoisotopic (exact) mass is 268 g/mol. The predicted octanol–water partition coefficient (Wildman–Crippen LogP) is 2.01. The molecule has 2 rings (SSSR count). The molecule has 0 radical (unpaired) electrons. The maximum Gasteiger partial charge on any atom is 0.251 e. The molecule has 1 aromatic heterocycles. The minimum absolute atomic E-state index is 0.189. The molecule has 1 N–H and O–H groups in total. The van der Waals surface area contributed by atoms with Crippen molar-refractivity contribution < 1.29 is 4.79 Å². The molecule has 1 aromatic carbocycles. The Morgan fingerprint density at radius 1 is 1.50 bits per heavy atom. The van der Waals surface area contributed by atoms with Gasteiger partial charge in [-0.1, -0.05) is 6.07 Å². The first-order valence-corrected chi connectivity index (χ1v) is 6.45. The second-order valence-corrected chi connectivity index (χ2v) is 4.47. The molecule has 5 heteroatoms. The summed E-state index contributed by atoms with van der Waals surface area (Å²) in [6.45, 7) is 5.17. The third-order valence-corrected chi connectivity index (χ3v) is 3.07. The van der Waals surface area contributed by atoms with Crippen LogP contribution in [0.5, 0.6) is 0 Å². The van der Waals surface area contributed by atoms with Gasteiger partial charge in [-0.3, -0.25) is 9.48 Å². The van der Waals surface area contributed by atoms with E-state index in [0.29, 0.717) is 17.7 Å². The van der Waals surface area contributed by atoms with Crippen LogP contribution in [0.4, 0.5) is 0 Å². The standard InChI is InChI=1S/C15H16N4O/c1-3-19-10-14(11(2)18-19)9-17-15(20)13-6-4-5-12(7-13)8-16/h4-7,10H,3,9H2,1-2H3,(H,17,20).